The van der Waals surface area contributed by atoms with Gasteiger partial charge in [0.2, 0.25) is 0 Å². The molecule has 0 saturated heterocycles. The maximum Gasteiger partial charge on any atom is 0.323 e. The number of aliphatic carboxylic acids is 2. The number of hydrogen-bond donors (Lipinski definition) is 4. The monoisotopic (exact) mass is 262 g/mol. The van der Waals surface area contributed by atoms with Gasteiger partial charge in [-0.2, -0.15) is 0 Å². The maximum atomic E-state index is 11.4. The van der Waals surface area contributed by atoms with E-state index in [1.54, 1.807) is 12.1 Å². The lowest BCUT2D eigenvalue weighted by Gasteiger charge is -2.11. The van der Waals surface area contributed by atoms with E-state index in [1.165, 1.54) is 6.07 Å². The smallest absolute Gasteiger partial charge is 0.323 e. The van der Waals surface area contributed by atoms with Gasteiger partial charge in [0.1, 0.15) is 5.41 Å². The first-order valence-corrected chi connectivity index (χ1v) is 5.64. The number of nitrogens with one attached hydrogen (secondary N) is 2. The van der Waals surface area contributed by atoms with Crippen LogP contribution >= 0.6 is 0 Å². The number of carbonyl (C=O) groups is 2. The van der Waals surface area contributed by atoms with Crippen molar-refractivity contribution < 1.29 is 19.8 Å². The van der Waals surface area contributed by atoms with Crippen LogP contribution in [0.2, 0.25) is 0 Å². The molecule has 0 bridgehead atoms. The lowest BCUT2D eigenvalue weighted by molar-refractivity contribution is -0.145. The van der Waals surface area contributed by atoms with E-state index >= 15 is 0 Å². The zero-order valence-electron chi connectivity index (χ0n) is 9.64. The van der Waals surface area contributed by atoms with Gasteiger partial charge in [-0.25, -0.2) is 4.79 Å². The van der Waals surface area contributed by atoms with Crippen LogP contribution in [0, 0.1) is 5.92 Å². The standard InChI is InChI=1S/C12H10N2O5/c15-9(16)6-4-12(6,10(17)18)5-1-2-7-8(3-5)14-11(19)13-7/h1-3,6H,4H2,(H,15,16)(H,17,18)(H2,13,14,19). The van der Waals surface area contributed by atoms with Gasteiger partial charge in [-0.1, -0.05) is 6.07 Å². The van der Waals surface area contributed by atoms with Gasteiger partial charge in [0.05, 0.1) is 17.0 Å². The SMILES string of the molecule is O=C(O)C1CC1(C(=O)O)c1ccc2[nH]c(=O)[nH]c2c1. The molecule has 7 heteroatoms. The Kier molecular flexibility index (Phi) is 2.10. The molecular weight excluding hydrogens is 252 g/mol. The molecule has 1 aliphatic rings. The van der Waals surface area contributed by atoms with Crippen molar-refractivity contribution >= 4 is 23.0 Å². The highest BCUT2D eigenvalue weighted by Crippen LogP contribution is 2.54. The summed E-state index contributed by atoms with van der Waals surface area (Å²) in [6, 6.07) is 4.64. The summed E-state index contributed by atoms with van der Waals surface area (Å²) in [7, 11) is 0. The Morgan fingerprint density at radius 1 is 1.21 bits per heavy atom. The molecule has 98 valence electrons. The molecule has 2 unspecified atom stereocenters. The third kappa shape index (κ3) is 1.48. The summed E-state index contributed by atoms with van der Waals surface area (Å²) in [5.41, 5.74) is -0.341. The second-order valence-corrected chi connectivity index (χ2v) is 4.71. The summed E-state index contributed by atoms with van der Waals surface area (Å²) < 4.78 is 0. The number of benzene rings is 1. The molecule has 1 saturated carbocycles. The van der Waals surface area contributed by atoms with Gasteiger partial charge in [0.25, 0.3) is 0 Å². The third-order valence-corrected chi connectivity index (χ3v) is 3.67. The molecule has 3 rings (SSSR count). The molecule has 2 atom stereocenters. The van der Waals surface area contributed by atoms with Crippen LogP contribution in [0.15, 0.2) is 23.0 Å². The van der Waals surface area contributed by atoms with Crippen LogP contribution in [-0.2, 0) is 15.0 Å². The van der Waals surface area contributed by atoms with E-state index in [0.29, 0.717) is 16.6 Å². The minimum Gasteiger partial charge on any atom is -0.481 e. The Morgan fingerprint density at radius 3 is 2.47 bits per heavy atom. The highest BCUT2D eigenvalue weighted by Gasteiger charge is 2.65. The lowest BCUT2D eigenvalue weighted by atomic mass is 9.93. The first-order chi connectivity index (χ1) is 8.95. The van der Waals surface area contributed by atoms with Crippen molar-refractivity contribution in [1.29, 1.82) is 0 Å². The highest BCUT2D eigenvalue weighted by molar-refractivity contribution is 5.95. The van der Waals surface area contributed by atoms with Crippen LogP contribution in [0.25, 0.3) is 11.0 Å². The number of carboxylic acid groups (broad SMARTS) is 2. The van der Waals surface area contributed by atoms with Gasteiger partial charge in [-0.3, -0.25) is 9.59 Å². The van der Waals surface area contributed by atoms with Gasteiger partial charge in [0, 0.05) is 0 Å². The quantitative estimate of drug-likeness (QED) is 0.632. The van der Waals surface area contributed by atoms with Gasteiger partial charge in [-0.05, 0) is 24.1 Å². The molecule has 0 radical (unpaired) electrons. The summed E-state index contributed by atoms with van der Waals surface area (Å²) in [6.45, 7) is 0. The summed E-state index contributed by atoms with van der Waals surface area (Å²) >= 11 is 0. The second-order valence-electron chi connectivity index (χ2n) is 4.71. The number of H-pyrrole nitrogens is 2. The maximum absolute atomic E-state index is 11.4. The first kappa shape index (κ1) is 11.5. The molecule has 7 nitrogen and oxygen atoms in total. The molecule has 1 heterocycles. The van der Waals surface area contributed by atoms with Crippen molar-refractivity contribution in [3.8, 4) is 0 Å². The Bertz CT molecular complexity index is 759. The molecular formula is C12H10N2O5. The van der Waals surface area contributed by atoms with Crippen LogP contribution in [-0.4, -0.2) is 32.1 Å². The van der Waals surface area contributed by atoms with Crippen molar-refractivity contribution in [2.45, 2.75) is 11.8 Å². The Morgan fingerprint density at radius 2 is 1.89 bits per heavy atom. The van der Waals surface area contributed by atoms with Crippen LogP contribution < -0.4 is 5.69 Å². The van der Waals surface area contributed by atoms with E-state index in [4.69, 9.17) is 5.11 Å². The average Bonchev–Trinajstić information content (AvgIpc) is 2.99. The fourth-order valence-electron chi connectivity index (χ4n) is 2.55. The van der Waals surface area contributed by atoms with Crippen molar-refractivity contribution in [3.05, 3.63) is 34.2 Å². The van der Waals surface area contributed by atoms with E-state index in [9.17, 15) is 19.5 Å². The molecule has 1 aromatic carbocycles. The summed E-state index contributed by atoms with van der Waals surface area (Å²) in [6.07, 6.45) is 0.0673. The fourth-order valence-corrected chi connectivity index (χ4v) is 2.55. The molecule has 0 amide bonds. The second kappa shape index (κ2) is 3.47. The number of carboxylic acids is 2. The molecule has 1 fully saturated rings. The predicted molar refractivity (Wildman–Crippen MR) is 64.0 cm³/mol. The molecule has 0 spiro atoms. The van der Waals surface area contributed by atoms with Crippen LogP contribution in [0.4, 0.5) is 0 Å². The van der Waals surface area contributed by atoms with Gasteiger partial charge in [-0.15, -0.1) is 0 Å². The predicted octanol–water partition coefficient (Wildman–Crippen LogP) is 0.283. The average molecular weight is 262 g/mol. The van der Waals surface area contributed by atoms with Gasteiger partial charge < -0.3 is 20.2 Å². The Balaban J connectivity index is 2.14. The topological polar surface area (TPSA) is 123 Å². The highest BCUT2D eigenvalue weighted by atomic mass is 16.4. The molecule has 4 N–H and O–H groups in total. The van der Waals surface area contributed by atoms with Crippen molar-refractivity contribution in [1.82, 2.24) is 9.97 Å². The first-order valence-electron chi connectivity index (χ1n) is 5.64. The number of hydrogen-bond acceptors (Lipinski definition) is 3. The summed E-state index contributed by atoms with van der Waals surface area (Å²) in [5, 5.41) is 18.3. The number of aromatic nitrogens is 2. The number of aromatic amines is 2. The van der Waals surface area contributed by atoms with Crippen LogP contribution in [0.1, 0.15) is 12.0 Å². The van der Waals surface area contributed by atoms with E-state index in [-0.39, 0.29) is 12.1 Å². The van der Waals surface area contributed by atoms with E-state index in [2.05, 4.69) is 9.97 Å². The minimum atomic E-state index is -1.38. The minimum absolute atomic E-state index is 0.0673. The van der Waals surface area contributed by atoms with E-state index in [0.717, 1.165) is 0 Å². The van der Waals surface area contributed by atoms with Crippen molar-refractivity contribution in [2.24, 2.45) is 5.92 Å². The summed E-state index contributed by atoms with van der Waals surface area (Å²) in [5.74, 6) is -3.20. The zero-order valence-corrected chi connectivity index (χ0v) is 9.64. The molecule has 0 aliphatic heterocycles. The van der Waals surface area contributed by atoms with E-state index < -0.39 is 23.3 Å². The normalized spacial score (nSPS) is 25.4. The molecule has 19 heavy (non-hydrogen) atoms. The Labute approximate surface area is 105 Å². The zero-order chi connectivity index (χ0) is 13.8. The molecule has 2 aromatic rings. The largest absolute Gasteiger partial charge is 0.481 e. The van der Waals surface area contributed by atoms with Crippen molar-refractivity contribution in [2.75, 3.05) is 0 Å². The number of rotatable bonds is 3. The Hall–Kier alpha value is -2.57. The van der Waals surface area contributed by atoms with Crippen LogP contribution in [0.3, 0.4) is 0 Å². The van der Waals surface area contributed by atoms with Gasteiger partial charge in [0.15, 0.2) is 0 Å². The number of imidazole rings is 1. The van der Waals surface area contributed by atoms with E-state index in [1.807, 2.05) is 0 Å². The van der Waals surface area contributed by atoms with Crippen molar-refractivity contribution in [3.63, 3.8) is 0 Å². The number of fused-ring (bicyclic) bond motifs is 1. The lowest BCUT2D eigenvalue weighted by Crippen LogP contribution is -2.25. The van der Waals surface area contributed by atoms with Gasteiger partial charge >= 0.3 is 17.6 Å². The van der Waals surface area contributed by atoms with Crippen LogP contribution in [0.5, 0.6) is 0 Å². The molecule has 1 aliphatic carbocycles. The third-order valence-electron chi connectivity index (χ3n) is 3.67. The molecule has 1 aromatic heterocycles. The fraction of sp³-hybridized carbons (Fsp3) is 0.250. The summed E-state index contributed by atoms with van der Waals surface area (Å²) in [4.78, 5) is 38.6.